The molecule has 0 saturated carbocycles. The fourth-order valence-electron chi connectivity index (χ4n) is 3.00. The molecule has 7 heteroatoms. The number of aromatic nitrogens is 4. The number of hydrogen-bond acceptors (Lipinski definition) is 6. The van der Waals surface area contributed by atoms with Crippen molar-refractivity contribution >= 4 is 17.3 Å². The van der Waals surface area contributed by atoms with Crippen molar-refractivity contribution in [1.29, 1.82) is 0 Å². The minimum absolute atomic E-state index is 0.0745. The van der Waals surface area contributed by atoms with Gasteiger partial charge < -0.3 is 15.0 Å². The predicted molar refractivity (Wildman–Crippen MR) is 101 cm³/mol. The molecule has 26 heavy (non-hydrogen) atoms. The molecule has 0 radical (unpaired) electrons. The second-order valence-electron chi connectivity index (χ2n) is 6.31. The third-order valence-electron chi connectivity index (χ3n) is 4.48. The van der Waals surface area contributed by atoms with E-state index in [4.69, 9.17) is 4.74 Å². The molecule has 3 aromatic rings. The van der Waals surface area contributed by atoms with Gasteiger partial charge in [0.05, 0.1) is 7.11 Å². The number of benzene rings is 2. The maximum Gasteiger partial charge on any atom is 0.248 e. The molecule has 0 amide bonds. The van der Waals surface area contributed by atoms with Crippen LogP contribution in [0.5, 0.6) is 5.75 Å². The van der Waals surface area contributed by atoms with Crippen LogP contribution in [0.3, 0.4) is 0 Å². The minimum atomic E-state index is -0.0745. The Kier molecular flexibility index (Phi) is 4.04. The first-order valence-corrected chi connectivity index (χ1v) is 8.34. The van der Waals surface area contributed by atoms with Crippen molar-refractivity contribution in [2.75, 3.05) is 31.4 Å². The summed E-state index contributed by atoms with van der Waals surface area (Å²) >= 11 is 0. The van der Waals surface area contributed by atoms with Gasteiger partial charge in [-0.15, -0.1) is 0 Å². The maximum atomic E-state index is 5.24. The monoisotopic (exact) mass is 348 g/mol. The van der Waals surface area contributed by atoms with Gasteiger partial charge in [0.15, 0.2) is 0 Å². The first-order valence-electron chi connectivity index (χ1n) is 8.34. The Morgan fingerprint density at radius 3 is 2.42 bits per heavy atom. The SMILES string of the molecule is COc1ccc(C2=C[C@H](c3ccc(N(C)C)cc3)n3nnnc3N2)cc1. The van der Waals surface area contributed by atoms with Crippen LogP contribution in [0.1, 0.15) is 17.2 Å². The average Bonchev–Trinajstić information content (AvgIpc) is 3.16. The highest BCUT2D eigenvalue weighted by Crippen LogP contribution is 2.32. The van der Waals surface area contributed by atoms with E-state index in [9.17, 15) is 0 Å². The summed E-state index contributed by atoms with van der Waals surface area (Å²) in [7, 11) is 5.72. The van der Waals surface area contributed by atoms with Crippen molar-refractivity contribution in [2.24, 2.45) is 0 Å². The maximum absolute atomic E-state index is 5.24. The van der Waals surface area contributed by atoms with Crippen molar-refractivity contribution in [1.82, 2.24) is 20.2 Å². The molecule has 1 aromatic heterocycles. The van der Waals surface area contributed by atoms with Crippen molar-refractivity contribution in [2.45, 2.75) is 6.04 Å². The fourth-order valence-corrected chi connectivity index (χ4v) is 3.00. The highest BCUT2D eigenvalue weighted by atomic mass is 16.5. The second-order valence-corrected chi connectivity index (χ2v) is 6.31. The largest absolute Gasteiger partial charge is 0.497 e. The van der Waals surface area contributed by atoms with Crippen molar-refractivity contribution in [3.63, 3.8) is 0 Å². The first kappa shape index (κ1) is 16.1. The number of nitrogens with zero attached hydrogens (tertiary/aromatic N) is 5. The lowest BCUT2D eigenvalue weighted by Crippen LogP contribution is -2.20. The lowest BCUT2D eigenvalue weighted by molar-refractivity contribution is 0.415. The molecular weight excluding hydrogens is 328 g/mol. The van der Waals surface area contributed by atoms with Gasteiger partial charge in [0.25, 0.3) is 0 Å². The van der Waals surface area contributed by atoms with Crippen LogP contribution in [0.25, 0.3) is 5.70 Å². The highest BCUT2D eigenvalue weighted by molar-refractivity contribution is 5.77. The second kappa shape index (κ2) is 6.51. The zero-order valence-electron chi connectivity index (χ0n) is 14.9. The highest BCUT2D eigenvalue weighted by Gasteiger charge is 2.24. The number of hydrogen-bond donors (Lipinski definition) is 1. The molecule has 1 aliphatic heterocycles. The van der Waals surface area contributed by atoms with Crippen LogP contribution >= 0.6 is 0 Å². The normalized spacial score (nSPS) is 15.7. The van der Waals surface area contributed by atoms with E-state index in [0.29, 0.717) is 5.95 Å². The number of anilines is 2. The smallest absolute Gasteiger partial charge is 0.248 e. The molecule has 0 spiro atoms. The van der Waals surface area contributed by atoms with E-state index in [2.05, 4.69) is 56.1 Å². The third-order valence-corrected chi connectivity index (χ3v) is 4.48. The summed E-state index contributed by atoms with van der Waals surface area (Å²) in [6, 6.07) is 16.3. The zero-order valence-corrected chi connectivity index (χ0v) is 14.9. The molecule has 7 nitrogen and oxygen atoms in total. The van der Waals surface area contributed by atoms with Gasteiger partial charge in [0.2, 0.25) is 5.95 Å². The molecule has 0 fully saturated rings. The molecule has 2 aromatic carbocycles. The Balaban J connectivity index is 1.73. The standard InChI is InChI=1S/C19H20N6O/c1-24(2)15-8-4-14(5-9-15)18-12-17(20-19-21-22-23-25(18)19)13-6-10-16(26-3)11-7-13/h4-12,18H,1-3H3,(H,20,21,23)/t18-/m1/s1. The number of rotatable bonds is 4. The lowest BCUT2D eigenvalue weighted by atomic mass is 10.0. The van der Waals surface area contributed by atoms with E-state index in [1.54, 1.807) is 11.8 Å². The molecule has 2 heterocycles. The average molecular weight is 348 g/mol. The zero-order chi connectivity index (χ0) is 18.1. The number of fused-ring (bicyclic) bond motifs is 1. The third kappa shape index (κ3) is 2.88. The molecular formula is C19H20N6O. The molecule has 4 rings (SSSR count). The molecule has 1 atom stereocenters. The predicted octanol–water partition coefficient (Wildman–Crippen LogP) is 2.80. The molecule has 0 saturated heterocycles. The van der Waals surface area contributed by atoms with Gasteiger partial charge in [-0.1, -0.05) is 17.2 Å². The summed E-state index contributed by atoms with van der Waals surface area (Å²) in [4.78, 5) is 2.08. The van der Waals surface area contributed by atoms with Gasteiger partial charge in [0.1, 0.15) is 11.8 Å². The van der Waals surface area contributed by atoms with Gasteiger partial charge >= 0.3 is 0 Å². The first-order chi connectivity index (χ1) is 12.7. The van der Waals surface area contributed by atoms with Crippen molar-refractivity contribution in [3.8, 4) is 5.75 Å². The van der Waals surface area contributed by atoms with E-state index < -0.39 is 0 Å². The Morgan fingerprint density at radius 2 is 1.77 bits per heavy atom. The fraction of sp³-hybridized carbons (Fsp3) is 0.211. The Morgan fingerprint density at radius 1 is 1.04 bits per heavy atom. The summed E-state index contributed by atoms with van der Waals surface area (Å²) < 4.78 is 7.03. The quantitative estimate of drug-likeness (QED) is 0.782. The van der Waals surface area contributed by atoms with Gasteiger partial charge in [-0.05, 0) is 64.0 Å². The van der Waals surface area contributed by atoms with E-state index >= 15 is 0 Å². The van der Waals surface area contributed by atoms with E-state index in [1.165, 1.54) is 0 Å². The van der Waals surface area contributed by atoms with Gasteiger partial charge in [-0.25, -0.2) is 0 Å². The van der Waals surface area contributed by atoms with Crippen LogP contribution in [0.4, 0.5) is 11.6 Å². The summed E-state index contributed by atoms with van der Waals surface area (Å²) in [6.07, 6.45) is 2.13. The van der Waals surface area contributed by atoms with Crippen LogP contribution in [0.2, 0.25) is 0 Å². The van der Waals surface area contributed by atoms with E-state index in [0.717, 1.165) is 28.3 Å². The summed E-state index contributed by atoms with van der Waals surface area (Å²) in [5.74, 6) is 1.45. The molecule has 1 aliphatic rings. The lowest BCUT2D eigenvalue weighted by Gasteiger charge is -2.24. The van der Waals surface area contributed by atoms with E-state index in [1.807, 2.05) is 38.4 Å². The van der Waals surface area contributed by atoms with Gasteiger partial charge in [0, 0.05) is 25.5 Å². The van der Waals surface area contributed by atoms with Crippen LogP contribution < -0.4 is 15.0 Å². The number of allylic oxidation sites excluding steroid dienone is 1. The topological polar surface area (TPSA) is 68.1 Å². The van der Waals surface area contributed by atoms with Crippen molar-refractivity contribution in [3.05, 3.63) is 65.7 Å². The van der Waals surface area contributed by atoms with Crippen molar-refractivity contribution < 1.29 is 4.74 Å². The molecule has 132 valence electrons. The molecule has 0 aliphatic carbocycles. The van der Waals surface area contributed by atoms with Gasteiger partial charge in [-0.3, -0.25) is 0 Å². The Labute approximate surface area is 151 Å². The molecule has 1 N–H and O–H groups in total. The summed E-state index contributed by atoms with van der Waals surface area (Å²) in [5, 5.41) is 15.4. The van der Waals surface area contributed by atoms with Crippen LogP contribution in [-0.2, 0) is 0 Å². The summed E-state index contributed by atoms with van der Waals surface area (Å²) in [5.41, 5.74) is 4.29. The Bertz CT molecular complexity index is 927. The number of ether oxygens (including phenoxy) is 1. The summed E-state index contributed by atoms with van der Waals surface area (Å²) in [6.45, 7) is 0. The minimum Gasteiger partial charge on any atom is -0.497 e. The molecule has 0 bridgehead atoms. The van der Waals surface area contributed by atoms with Crippen LogP contribution in [0.15, 0.2) is 54.6 Å². The van der Waals surface area contributed by atoms with Crippen LogP contribution in [0, 0.1) is 0 Å². The van der Waals surface area contributed by atoms with Crippen LogP contribution in [-0.4, -0.2) is 41.4 Å². The number of methoxy groups -OCH3 is 1. The van der Waals surface area contributed by atoms with E-state index in [-0.39, 0.29) is 6.04 Å². The number of nitrogens with one attached hydrogen (secondary N) is 1. The Hall–Kier alpha value is -3.35. The number of tetrazole rings is 1. The molecule has 0 unspecified atom stereocenters. The van der Waals surface area contributed by atoms with Gasteiger partial charge in [-0.2, -0.15) is 4.68 Å².